The Morgan fingerprint density at radius 2 is 1.80 bits per heavy atom. The molecule has 0 aromatic heterocycles. The van der Waals surface area contributed by atoms with E-state index < -0.39 is 0 Å². The highest BCUT2D eigenvalue weighted by Crippen LogP contribution is 2.44. The summed E-state index contributed by atoms with van der Waals surface area (Å²) in [5, 5.41) is 0. The van der Waals surface area contributed by atoms with Gasteiger partial charge in [0.05, 0.1) is 12.7 Å². The average molecular weight is 397 g/mol. The third-order valence-electron chi connectivity index (χ3n) is 5.48. The van der Waals surface area contributed by atoms with Gasteiger partial charge in [-0.05, 0) is 47.0 Å². The van der Waals surface area contributed by atoms with Crippen LogP contribution in [0, 0.1) is 0 Å². The molecular formula is C26H23NO3. The predicted octanol–water partition coefficient (Wildman–Crippen LogP) is 5.39. The second-order valence-corrected chi connectivity index (χ2v) is 7.52. The Kier molecular flexibility index (Phi) is 4.77. The molecule has 0 spiro atoms. The highest BCUT2D eigenvalue weighted by Gasteiger charge is 2.27. The summed E-state index contributed by atoms with van der Waals surface area (Å²) in [5.74, 6) is 3.17. The van der Waals surface area contributed by atoms with E-state index in [2.05, 4.69) is 53.9 Å². The average Bonchev–Trinajstić information content (AvgIpc) is 2.79. The molecule has 0 N–H and O–H groups in total. The zero-order chi connectivity index (χ0) is 20.5. The lowest BCUT2D eigenvalue weighted by atomic mass is 9.92. The van der Waals surface area contributed by atoms with Gasteiger partial charge in [0.1, 0.15) is 29.7 Å². The summed E-state index contributed by atoms with van der Waals surface area (Å²) in [7, 11) is 1.67. The lowest BCUT2D eigenvalue weighted by molar-refractivity contribution is 0.0870. The standard InChI is InChI=1S/C26H23NO3/c1-18-14-23(20-8-10-21(28-2)11-9-20)22-12-13-25-24(26(22)30-18)16-27(17-29-25)15-19-6-4-3-5-7-19/h3-14H,1,15-17H2,2H3. The SMILES string of the molecule is C=C1C=C(c2ccc(OC)cc2)c2ccc3c(c2O1)CN(Cc1ccccc1)CO3. The highest BCUT2D eigenvalue weighted by molar-refractivity contribution is 5.87. The monoisotopic (exact) mass is 397 g/mol. The smallest absolute Gasteiger partial charge is 0.143 e. The van der Waals surface area contributed by atoms with Crippen LogP contribution in [0.4, 0.5) is 0 Å². The van der Waals surface area contributed by atoms with Crippen molar-refractivity contribution in [2.45, 2.75) is 13.1 Å². The molecule has 0 bridgehead atoms. The molecule has 0 fully saturated rings. The molecule has 0 amide bonds. The number of allylic oxidation sites excluding steroid dienone is 1. The number of rotatable bonds is 4. The summed E-state index contributed by atoms with van der Waals surface area (Å²) in [4.78, 5) is 2.27. The van der Waals surface area contributed by atoms with Crippen LogP contribution in [0.5, 0.6) is 17.2 Å². The summed E-state index contributed by atoms with van der Waals surface area (Å²) in [6.45, 7) is 6.22. The van der Waals surface area contributed by atoms with Gasteiger partial charge in [-0.25, -0.2) is 0 Å². The number of nitrogens with zero attached hydrogens (tertiary/aromatic N) is 1. The number of methoxy groups -OCH3 is 1. The molecule has 3 aromatic carbocycles. The Balaban J connectivity index is 1.49. The third kappa shape index (κ3) is 3.46. The molecule has 4 heteroatoms. The summed E-state index contributed by atoms with van der Waals surface area (Å²) < 4.78 is 17.5. The van der Waals surface area contributed by atoms with Crippen LogP contribution in [-0.2, 0) is 13.1 Å². The molecule has 0 unspecified atom stereocenters. The van der Waals surface area contributed by atoms with Gasteiger partial charge in [-0.1, -0.05) is 49.0 Å². The summed E-state index contributed by atoms with van der Waals surface area (Å²) in [6.07, 6.45) is 1.99. The molecule has 3 aromatic rings. The maximum Gasteiger partial charge on any atom is 0.143 e. The Bertz CT molecular complexity index is 1120. The number of ether oxygens (including phenoxy) is 3. The molecule has 0 aliphatic carbocycles. The lowest BCUT2D eigenvalue weighted by Crippen LogP contribution is -2.32. The van der Waals surface area contributed by atoms with E-state index >= 15 is 0 Å². The summed E-state index contributed by atoms with van der Waals surface area (Å²) in [5.41, 5.74) is 5.57. The lowest BCUT2D eigenvalue weighted by Gasteiger charge is -2.32. The van der Waals surface area contributed by atoms with Crippen LogP contribution in [0.2, 0.25) is 0 Å². The van der Waals surface area contributed by atoms with Gasteiger partial charge in [0.25, 0.3) is 0 Å². The van der Waals surface area contributed by atoms with E-state index in [-0.39, 0.29) is 0 Å². The largest absolute Gasteiger partial charge is 0.497 e. The van der Waals surface area contributed by atoms with Gasteiger partial charge >= 0.3 is 0 Å². The number of fused-ring (bicyclic) bond motifs is 3. The Hall–Kier alpha value is -3.50. The van der Waals surface area contributed by atoms with Gasteiger partial charge in [-0.15, -0.1) is 0 Å². The van der Waals surface area contributed by atoms with E-state index in [4.69, 9.17) is 14.2 Å². The molecule has 0 radical (unpaired) electrons. The van der Waals surface area contributed by atoms with E-state index in [0.29, 0.717) is 12.5 Å². The molecule has 0 saturated heterocycles. The van der Waals surface area contributed by atoms with Crippen molar-refractivity contribution in [1.82, 2.24) is 4.90 Å². The first-order chi connectivity index (χ1) is 14.7. The van der Waals surface area contributed by atoms with Gasteiger partial charge in [0, 0.05) is 18.7 Å². The van der Waals surface area contributed by atoms with Gasteiger partial charge < -0.3 is 14.2 Å². The van der Waals surface area contributed by atoms with Crippen LogP contribution in [0.15, 0.2) is 85.1 Å². The minimum absolute atomic E-state index is 0.558. The van der Waals surface area contributed by atoms with Crippen molar-refractivity contribution in [3.05, 3.63) is 107 Å². The first-order valence-corrected chi connectivity index (χ1v) is 9.99. The van der Waals surface area contributed by atoms with E-state index in [1.165, 1.54) is 5.56 Å². The maximum atomic E-state index is 6.12. The number of hydrogen-bond donors (Lipinski definition) is 0. The fourth-order valence-electron chi connectivity index (χ4n) is 4.01. The molecule has 2 aliphatic rings. The molecule has 2 heterocycles. The van der Waals surface area contributed by atoms with Crippen molar-refractivity contribution in [3.8, 4) is 17.2 Å². The second-order valence-electron chi connectivity index (χ2n) is 7.52. The van der Waals surface area contributed by atoms with Crippen LogP contribution >= 0.6 is 0 Å². The molecule has 2 aliphatic heterocycles. The number of hydrogen-bond acceptors (Lipinski definition) is 4. The molecule has 150 valence electrons. The summed E-state index contributed by atoms with van der Waals surface area (Å²) >= 11 is 0. The van der Waals surface area contributed by atoms with Crippen molar-refractivity contribution in [2.24, 2.45) is 0 Å². The highest BCUT2D eigenvalue weighted by atomic mass is 16.5. The van der Waals surface area contributed by atoms with Gasteiger partial charge in [-0.2, -0.15) is 0 Å². The zero-order valence-electron chi connectivity index (χ0n) is 16.9. The van der Waals surface area contributed by atoms with E-state index in [0.717, 1.165) is 52.6 Å². The van der Waals surface area contributed by atoms with Gasteiger partial charge in [0.15, 0.2) is 0 Å². The quantitative estimate of drug-likeness (QED) is 0.591. The van der Waals surface area contributed by atoms with Crippen LogP contribution in [0.25, 0.3) is 5.57 Å². The second kappa shape index (κ2) is 7.73. The predicted molar refractivity (Wildman–Crippen MR) is 117 cm³/mol. The molecule has 0 atom stereocenters. The molecular weight excluding hydrogens is 374 g/mol. The molecule has 0 saturated carbocycles. The topological polar surface area (TPSA) is 30.9 Å². The van der Waals surface area contributed by atoms with Crippen LogP contribution in [0.3, 0.4) is 0 Å². The van der Waals surface area contributed by atoms with Crippen LogP contribution in [-0.4, -0.2) is 18.7 Å². The molecule has 4 nitrogen and oxygen atoms in total. The fourth-order valence-corrected chi connectivity index (χ4v) is 4.01. The Morgan fingerprint density at radius 1 is 1.00 bits per heavy atom. The molecule has 30 heavy (non-hydrogen) atoms. The van der Waals surface area contributed by atoms with Gasteiger partial charge in [-0.3, -0.25) is 4.90 Å². The van der Waals surface area contributed by atoms with Crippen molar-refractivity contribution in [1.29, 1.82) is 0 Å². The normalized spacial score (nSPS) is 15.4. The van der Waals surface area contributed by atoms with E-state index in [9.17, 15) is 0 Å². The summed E-state index contributed by atoms with van der Waals surface area (Å²) in [6, 6.07) is 22.6. The third-order valence-corrected chi connectivity index (χ3v) is 5.48. The van der Waals surface area contributed by atoms with Crippen LogP contribution in [0.1, 0.15) is 22.3 Å². The first-order valence-electron chi connectivity index (χ1n) is 9.99. The first kappa shape index (κ1) is 18.5. The Labute approximate surface area is 176 Å². The van der Waals surface area contributed by atoms with E-state index in [1.807, 2.05) is 30.3 Å². The number of benzene rings is 3. The minimum Gasteiger partial charge on any atom is -0.497 e. The minimum atomic E-state index is 0.558. The van der Waals surface area contributed by atoms with E-state index in [1.54, 1.807) is 7.11 Å². The fraction of sp³-hybridized carbons (Fsp3) is 0.154. The van der Waals surface area contributed by atoms with Crippen molar-refractivity contribution >= 4 is 5.57 Å². The van der Waals surface area contributed by atoms with Crippen molar-refractivity contribution in [2.75, 3.05) is 13.8 Å². The van der Waals surface area contributed by atoms with Gasteiger partial charge in [0.2, 0.25) is 0 Å². The van der Waals surface area contributed by atoms with Crippen molar-refractivity contribution in [3.63, 3.8) is 0 Å². The van der Waals surface area contributed by atoms with Crippen molar-refractivity contribution < 1.29 is 14.2 Å². The Morgan fingerprint density at radius 3 is 2.57 bits per heavy atom. The van der Waals surface area contributed by atoms with Crippen LogP contribution < -0.4 is 14.2 Å². The molecule has 5 rings (SSSR count). The zero-order valence-corrected chi connectivity index (χ0v) is 16.9. The maximum absolute atomic E-state index is 6.12.